The number of benzene rings is 3. The molecule has 7 heteroatoms. The number of aromatic amines is 1. The highest BCUT2D eigenvalue weighted by molar-refractivity contribution is 6.03. The second-order valence-corrected chi connectivity index (χ2v) is 8.97. The average molecular weight is 492 g/mol. The first-order chi connectivity index (χ1) is 18.1. The summed E-state index contributed by atoms with van der Waals surface area (Å²) in [5.74, 6) is 0.956. The van der Waals surface area contributed by atoms with Crippen LogP contribution in [0.25, 0.3) is 22.2 Å². The van der Waals surface area contributed by atoms with Gasteiger partial charge in [-0.15, -0.1) is 0 Å². The number of H-pyrrole nitrogens is 1. The zero-order valence-electron chi connectivity index (χ0n) is 20.2. The van der Waals surface area contributed by atoms with Crippen molar-refractivity contribution in [2.24, 2.45) is 0 Å². The van der Waals surface area contributed by atoms with Crippen molar-refractivity contribution >= 4 is 22.7 Å². The Hall–Kier alpha value is -4.78. The van der Waals surface area contributed by atoms with E-state index in [1.807, 2.05) is 72.8 Å². The van der Waals surface area contributed by atoms with Gasteiger partial charge in [0, 0.05) is 27.6 Å². The molecule has 5 aromatic rings. The fourth-order valence-corrected chi connectivity index (χ4v) is 5.11. The van der Waals surface area contributed by atoms with Crippen LogP contribution in [0, 0.1) is 0 Å². The molecule has 3 heterocycles. The number of rotatable bonds is 7. The summed E-state index contributed by atoms with van der Waals surface area (Å²) in [6, 6.07) is 26.6. The van der Waals surface area contributed by atoms with Crippen LogP contribution >= 0.6 is 0 Å². The van der Waals surface area contributed by atoms with Gasteiger partial charge in [-0.1, -0.05) is 48.5 Å². The van der Waals surface area contributed by atoms with E-state index in [-0.39, 0.29) is 24.9 Å². The molecule has 1 atom stereocenters. The van der Waals surface area contributed by atoms with Crippen molar-refractivity contribution in [2.45, 2.75) is 12.6 Å². The molecule has 0 fully saturated rings. The third-order valence-electron chi connectivity index (χ3n) is 6.79. The number of furan rings is 1. The average Bonchev–Trinajstić information content (AvgIpc) is 3.65. The molecule has 37 heavy (non-hydrogen) atoms. The number of methoxy groups -OCH3 is 1. The molecular weight excluding hydrogens is 466 g/mol. The Morgan fingerprint density at radius 1 is 1.03 bits per heavy atom. The summed E-state index contributed by atoms with van der Waals surface area (Å²) in [5, 5.41) is 3.87. The molecule has 0 saturated carbocycles. The minimum absolute atomic E-state index is 0.0874. The number of nitrogens with one attached hydrogen (secondary N) is 2. The van der Waals surface area contributed by atoms with Gasteiger partial charge in [0.15, 0.2) is 0 Å². The van der Waals surface area contributed by atoms with E-state index in [1.165, 1.54) is 0 Å². The van der Waals surface area contributed by atoms with Crippen molar-refractivity contribution in [2.75, 3.05) is 13.7 Å². The normalized spacial score (nSPS) is 14.7. The van der Waals surface area contributed by atoms with Gasteiger partial charge in [0.25, 0.3) is 5.91 Å². The molecule has 3 aromatic carbocycles. The minimum Gasteiger partial charge on any atom is -0.497 e. The molecule has 2 amide bonds. The highest BCUT2D eigenvalue weighted by Gasteiger charge is 2.41. The molecule has 0 aliphatic carbocycles. The fraction of sp³-hybridized carbons (Fsp3) is 0.133. The van der Waals surface area contributed by atoms with Gasteiger partial charge in [0.05, 0.1) is 31.7 Å². The Balaban J connectivity index is 1.46. The molecular formula is C30H25N3O4. The standard InChI is InChI=1S/C30H25N3O4/c1-36-20-9-6-8-19(16-20)28-27(24-13-4-5-14-25(24)32-28)29-22-11-2-3-12-23(22)30(35)33(29)18-26(34)31-17-21-10-7-15-37-21/h2-16,29,32H,17-18H2,1H3,(H,31,34)/t29-/m1/s1. The number of aromatic nitrogens is 1. The summed E-state index contributed by atoms with van der Waals surface area (Å²) >= 11 is 0. The highest BCUT2D eigenvalue weighted by Crippen LogP contribution is 2.45. The molecule has 7 nitrogen and oxygen atoms in total. The van der Waals surface area contributed by atoms with Crippen LogP contribution in [-0.2, 0) is 11.3 Å². The van der Waals surface area contributed by atoms with E-state index in [9.17, 15) is 9.59 Å². The van der Waals surface area contributed by atoms with Gasteiger partial charge >= 0.3 is 0 Å². The molecule has 1 aliphatic heterocycles. The SMILES string of the molecule is COc1cccc(-c2[nH]c3ccccc3c2[C@H]2c3ccccc3C(=O)N2CC(=O)NCc2ccco2)c1. The first kappa shape index (κ1) is 22.7. The quantitative estimate of drug-likeness (QED) is 0.324. The molecule has 0 spiro atoms. The van der Waals surface area contributed by atoms with Gasteiger partial charge in [-0.05, 0) is 42.0 Å². The number of hydrogen-bond donors (Lipinski definition) is 2. The molecule has 184 valence electrons. The third-order valence-corrected chi connectivity index (χ3v) is 6.79. The zero-order chi connectivity index (χ0) is 25.4. The van der Waals surface area contributed by atoms with Gasteiger partial charge in [-0.3, -0.25) is 9.59 Å². The number of nitrogens with zero attached hydrogens (tertiary/aromatic N) is 1. The summed E-state index contributed by atoms with van der Waals surface area (Å²) in [4.78, 5) is 31.9. The number of ether oxygens (including phenoxy) is 1. The van der Waals surface area contributed by atoms with E-state index >= 15 is 0 Å². The Labute approximate surface area is 213 Å². The summed E-state index contributed by atoms with van der Waals surface area (Å²) in [7, 11) is 1.64. The van der Waals surface area contributed by atoms with Crippen molar-refractivity contribution in [3.8, 4) is 17.0 Å². The van der Waals surface area contributed by atoms with E-state index in [0.717, 1.165) is 39.0 Å². The Kier molecular flexibility index (Phi) is 5.73. The maximum absolute atomic E-state index is 13.7. The van der Waals surface area contributed by atoms with E-state index in [0.29, 0.717) is 11.3 Å². The molecule has 2 aromatic heterocycles. The van der Waals surface area contributed by atoms with Crippen LogP contribution < -0.4 is 10.1 Å². The van der Waals surface area contributed by atoms with Crippen LogP contribution in [0.3, 0.4) is 0 Å². The summed E-state index contributed by atoms with van der Waals surface area (Å²) in [5.41, 5.74) is 5.20. The minimum atomic E-state index is -0.449. The number of amides is 2. The maximum Gasteiger partial charge on any atom is 0.255 e. The molecule has 0 saturated heterocycles. The van der Waals surface area contributed by atoms with Crippen LogP contribution in [0.2, 0.25) is 0 Å². The first-order valence-electron chi connectivity index (χ1n) is 12.1. The number of para-hydroxylation sites is 1. The lowest BCUT2D eigenvalue weighted by Crippen LogP contribution is -2.39. The lowest BCUT2D eigenvalue weighted by atomic mass is 9.93. The highest BCUT2D eigenvalue weighted by atomic mass is 16.5. The molecule has 0 radical (unpaired) electrons. The van der Waals surface area contributed by atoms with Crippen LogP contribution in [-0.4, -0.2) is 35.4 Å². The Morgan fingerprint density at radius 3 is 2.70 bits per heavy atom. The van der Waals surface area contributed by atoms with E-state index < -0.39 is 6.04 Å². The van der Waals surface area contributed by atoms with Gasteiger partial charge in [-0.2, -0.15) is 0 Å². The van der Waals surface area contributed by atoms with Crippen LogP contribution in [0.1, 0.15) is 33.3 Å². The van der Waals surface area contributed by atoms with Crippen molar-refractivity contribution in [3.05, 3.63) is 114 Å². The van der Waals surface area contributed by atoms with Crippen molar-refractivity contribution in [1.82, 2.24) is 15.2 Å². The largest absolute Gasteiger partial charge is 0.497 e. The maximum atomic E-state index is 13.7. The lowest BCUT2D eigenvalue weighted by Gasteiger charge is -2.26. The smallest absolute Gasteiger partial charge is 0.255 e. The van der Waals surface area contributed by atoms with E-state index in [1.54, 1.807) is 30.4 Å². The molecule has 2 N–H and O–H groups in total. The topological polar surface area (TPSA) is 87.6 Å². The van der Waals surface area contributed by atoms with Gasteiger partial charge in [0.1, 0.15) is 18.1 Å². The van der Waals surface area contributed by atoms with Gasteiger partial charge in [0.2, 0.25) is 5.91 Å². The number of fused-ring (bicyclic) bond motifs is 2. The second-order valence-electron chi connectivity index (χ2n) is 8.97. The molecule has 0 bridgehead atoms. The zero-order valence-corrected chi connectivity index (χ0v) is 20.2. The summed E-state index contributed by atoms with van der Waals surface area (Å²) in [6.45, 7) is 0.170. The first-order valence-corrected chi connectivity index (χ1v) is 12.1. The molecule has 6 rings (SSSR count). The van der Waals surface area contributed by atoms with Gasteiger partial charge in [-0.25, -0.2) is 0 Å². The van der Waals surface area contributed by atoms with E-state index in [4.69, 9.17) is 9.15 Å². The summed E-state index contributed by atoms with van der Waals surface area (Å²) < 4.78 is 10.8. The van der Waals surface area contributed by atoms with Crippen LogP contribution in [0.5, 0.6) is 5.75 Å². The lowest BCUT2D eigenvalue weighted by molar-refractivity contribution is -0.122. The Morgan fingerprint density at radius 2 is 1.86 bits per heavy atom. The predicted molar refractivity (Wildman–Crippen MR) is 140 cm³/mol. The Bertz CT molecular complexity index is 1600. The number of carbonyl (C=O) groups is 2. The molecule has 0 unspecified atom stereocenters. The monoisotopic (exact) mass is 491 g/mol. The number of carbonyl (C=O) groups excluding carboxylic acids is 2. The van der Waals surface area contributed by atoms with Crippen molar-refractivity contribution in [1.29, 1.82) is 0 Å². The fourth-order valence-electron chi connectivity index (χ4n) is 5.11. The molecule has 1 aliphatic rings. The predicted octanol–water partition coefficient (Wildman–Crippen LogP) is 5.30. The van der Waals surface area contributed by atoms with Crippen LogP contribution in [0.4, 0.5) is 0 Å². The van der Waals surface area contributed by atoms with Crippen molar-refractivity contribution in [3.63, 3.8) is 0 Å². The summed E-state index contributed by atoms with van der Waals surface area (Å²) in [6.07, 6.45) is 1.56. The van der Waals surface area contributed by atoms with Gasteiger partial charge < -0.3 is 24.4 Å². The third kappa shape index (κ3) is 4.04. The van der Waals surface area contributed by atoms with E-state index in [2.05, 4.69) is 10.3 Å². The van der Waals surface area contributed by atoms with Crippen molar-refractivity contribution < 1.29 is 18.7 Å². The van der Waals surface area contributed by atoms with Crippen LogP contribution in [0.15, 0.2) is 95.6 Å². The number of hydrogen-bond acceptors (Lipinski definition) is 4. The second kappa shape index (κ2) is 9.35.